The molecule has 0 aliphatic carbocycles. The third-order valence-electron chi connectivity index (χ3n) is 4.81. The molecule has 0 saturated carbocycles. The molecule has 7 heteroatoms. The fourth-order valence-electron chi connectivity index (χ4n) is 2.95. The van der Waals surface area contributed by atoms with Crippen LogP contribution in [0, 0.1) is 0 Å². The van der Waals surface area contributed by atoms with Crippen LogP contribution >= 0.6 is 12.2 Å². The fourth-order valence-corrected chi connectivity index (χ4v) is 3.16. The van der Waals surface area contributed by atoms with Gasteiger partial charge in [0.05, 0.1) is 6.61 Å². The lowest BCUT2D eigenvalue weighted by Crippen LogP contribution is -2.34. The van der Waals surface area contributed by atoms with Gasteiger partial charge in [-0.15, -0.1) is 0 Å². The van der Waals surface area contributed by atoms with E-state index in [1.165, 1.54) is 17.4 Å². The van der Waals surface area contributed by atoms with Crippen molar-refractivity contribution in [3.63, 3.8) is 0 Å². The molecule has 0 aromatic heterocycles. The van der Waals surface area contributed by atoms with Gasteiger partial charge in [0.15, 0.2) is 5.11 Å². The standard InChI is InChI=1S/C25H25N3O3S/c1-18(29)28(2)22-10-6-9-21(17-22)26-25(32)27-24(30)20-11-13-23(14-12-20)31-16-15-19-7-4-3-5-8-19/h3-14,17H,15-16H2,1-2H3,(H2,26,27,30,32). The van der Waals surface area contributed by atoms with E-state index < -0.39 is 0 Å². The number of hydrogen-bond acceptors (Lipinski definition) is 4. The van der Waals surface area contributed by atoms with Crippen molar-refractivity contribution in [1.82, 2.24) is 5.32 Å². The summed E-state index contributed by atoms with van der Waals surface area (Å²) in [5.74, 6) is 0.297. The predicted molar refractivity (Wildman–Crippen MR) is 131 cm³/mol. The van der Waals surface area contributed by atoms with E-state index >= 15 is 0 Å². The number of carbonyl (C=O) groups excluding carboxylic acids is 2. The molecule has 2 amide bonds. The number of thiocarbonyl (C=S) groups is 1. The molecule has 0 heterocycles. The number of benzene rings is 3. The van der Waals surface area contributed by atoms with E-state index in [0.29, 0.717) is 23.6 Å². The second-order valence-corrected chi connectivity index (χ2v) is 7.55. The second-order valence-electron chi connectivity index (χ2n) is 7.15. The SMILES string of the molecule is CC(=O)N(C)c1cccc(NC(=S)NC(=O)c2ccc(OCCc3ccccc3)cc2)c1. The summed E-state index contributed by atoms with van der Waals surface area (Å²) >= 11 is 5.25. The minimum absolute atomic E-state index is 0.0782. The van der Waals surface area contributed by atoms with E-state index in [9.17, 15) is 9.59 Å². The van der Waals surface area contributed by atoms with Gasteiger partial charge in [-0.05, 0) is 60.2 Å². The van der Waals surface area contributed by atoms with Crippen LogP contribution in [0.25, 0.3) is 0 Å². The highest BCUT2D eigenvalue weighted by molar-refractivity contribution is 7.80. The quantitative estimate of drug-likeness (QED) is 0.525. The molecule has 164 valence electrons. The fraction of sp³-hybridized carbons (Fsp3) is 0.160. The van der Waals surface area contributed by atoms with Crippen LogP contribution < -0.4 is 20.3 Å². The van der Waals surface area contributed by atoms with E-state index in [1.54, 1.807) is 49.5 Å². The molecule has 2 N–H and O–H groups in total. The van der Waals surface area contributed by atoms with E-state index in [0.717, 1.165) is 12.1 Å². The van der Waals surface area contributed by atoms with Crippen molar-refractivity contribution >= 4 is 40.5 Å². The average Bonchev–Trinajstić information content (AvgIpc) is 2.79. The molecule has 6 nitrogen and oxygen atoms in total. The van der Waals surface area contributed by atoms with Gasteiger partial charge in [-0.2, -0.15) is 0 Å². The van der Waals surface area contributed by atoms with Gasteiger partial charge in [-0.3, -0.25) is 14.9 Å². The number of nitrogens with one attached hydrogen (secondary N) is 2. The van der Waals surface area contributed by atoms with Crippen molar-refractivity contribution in [3.05, 3.63) is 90.0 Å². The van der Waals surface area contributed by atoms with Crippen molar-refractivity contribution < 1.29 is 14.3 Å². The Hall–Kier alpha value is -3.71. The van der Waals surface area contributed by atoms with E-state index in [1.807, 2.05) is 24.3 Å². The Morgan fingerprint density at radius 3 is 2.38 bits per heavy atom. The zero-order valence-electron chi connectivity index (χ0n) is 18.0. The number of rotatable bonds is 7. The van der Waals surface area contributed by atoms with Crippen LogP contribution in [0.3, 0.4) is 0 Å². The van der Waals surface area contributed by atoms with Crippen LogP contribution in [0.2, 0.25) is 0 Å². The summed E-state index contributed by atoms with van der Waals surface area (Å²) in [7, 11) is 1.69. The van der Waals surface area contributed by atoms with Crippen molar-refractivity contribution in [3.8, 4) is 5.75 Å². The molecule has 0 unspecified atom stereocenters. The summed E-state index contributed by atoms with van der Waals surface area (Å²) in [6.45, 7) is 2.05. The molecule has 3 aromatic rings. The van der Waals surface area contributed by atoms with Crippen molar-refractivity contribution in [2.75, 3.05) is 23.9 Å². The number of amides is 2. The van der Waals surface area contributed by atoms with Crippen LogP contribution in [0.1, 0.15) is 22.8 Å². The largest absolute Gasteiger partial charge is 0.493 e. The zero-order valence-corrected chi connectivity index (χ0v) is 18.8. The van der Waals surface area contributed by atoms with Crippen molar-refractivity contribution in [1.29, 1.82) is 0 Å². The van der Waals surface area contributed by atoms with Gasteiger partial charge < -0.3 is 15.0 Å². The van der Waals surface area contributed by atoms with Gasteiger partial charge in [-0.1, -0.05) is 36.4 Å². The third-order valence-corrected chi connectivity index (χ3v) is 5.01. The lowest BCUT2D eigenvalue weighted by molar-refractivity contribution is -0.116. The smallest absolute Gasteiger partial charge is 0.257 e. The molecule has 0 fully saturated rings. The van der Waals surface area contributed by atoms with E-state index in [-0.39, 0.29) is 16.9 Å². The summed E-state index contributed by atoms with van der Waals surface area (Å²) in [6.07, 6.45) is 0.812. The Balaban J connectivity index is 1.50. The monoisotopic (exact) mass is 447 g/mol. The molecule has 32 heavy (non-hydrogen) atoms. The Morgan fingerprint density at radius 2 is 1.69 bits per heavy atom. The molecule has 0 aliphatic heterocycles. The topological polar surface area (TPSA) is 70.7 Å². The Morgan fingerprint density at radius 1 is 0.969 bits per heavy atom. The number of carbonyl (C=O) groups is 2. The summed E-state index contributed by atoms with van der Waals surface area (Å²) < 4.78 is 5.75. The predicted octanol–water partition coefficient (Wildman–Crippen LogP) is 4.42. The second kappa shape index (κ2) is 11.1. The highest BCUT2D eigenvalue weighted by atomic mass is 32.1. The number of hydrogen-bond donors (Lipinski definition) is 2. The molecule has 0 bridgehead atoms. The maximum Gasteiger partial charge on any atom is 0.257 e. The summed E-state index contributed by atoms with van der Waals surface area (Å²) in [4.78, 5) is 25.6. The highest BCUT2D eigenvalue weighted by Crippen LogP contribution is 2.18. The maximum absolute atomic E-state index is 12.5. The Kier molecular flexibility index (Phi) is 7.94. The van der Waals surface area contributed by atoms with Gasteiger partial charge in [-0.25, -0.2) is 0 Å². The first-order valence-corrected chi connectivity index (χ1v) is 10.6. The minimum Gasteiger partial charge on any atom is -0.493 e. The Labute approximate surface area is 193 Å². The first kappa shape index (κ1) is 23.0. The summed E-state index contributed by atoms with van der Waals surface area (Å²) in [5.41, 5.74) is 3.07. The van der Waals surface area contributed by atoms with Crippen molar-refractivity contribution in [2.24, 2.45) is 0 Å². The minimum atomic E-state index is -0.324. The molecule has 0 spiro atoms. The van der Waals surface area contributed by atoms with E-state index in [2.05, 4.69) is 22.8 Å². The third kappa shape index (κ3) is 6.65. The number of nitrogens with zero attached hydrogens (tertiary/aromatic N) is 1. The first-order chi connectivity index (χ1) is 15.4. The van der Waals surface area contributed by atoms with Gasteiger partial charge in [0.1, 0.15) is 5.75 Å². The molecule has 0 aliphatic rings. The van der Waals surface area contributed by atoms with Gasteiger partial charge in [0.2, 0.25) is 5.91 Å². The Bertz CT molecular complexity index is 1090. The molecule has 0 atom stereocenters. The molecular formula is C25H25N3O3S. The molecule has 3 aromatic carbocycles. The number of ether oxygens (including phenoxy) is 1. The first-order valence-electron chi connectivity index (χ1n) is 10.2. The van der Waals surface area contributed by atoms with Gasteiger partial charge in [0.25, 0.3) is 5.91 Å². The van der Waals surface area contributed by atoms with Crippen molar-refractivity contribution in [2.45, 2.75) is 13.3 Å². The van der Waals surface area contributed by atoms with Crippen LogP contribution in [0.4, 0.5) is 11.4 Å². The number of anilines is 2. The molecule has 0 saturated heterocycles. The van der Waals surface area contributed by atoms with E-state index in [4.69, 9.17) is 17.0 Å². The lowest BCUT2D eigenvalue weighted by atomic mass is 10.2. The maximum atomic E-state index is 12.5. The molecular weight excluding hydrogens is 422 g/mol. The van der Waals surface area contributed by atoms with Gasteiger partial charge >= 0.3 is 0 Å². The highest BCUT2D eigenvalue weighted by Gasteiger charge is 2.10. The van der Waals surface area contributed by atoms with Crippen LogP contribution in [0.5, 0.6) is 5.75 Å². The lowest BCUT2D eigenvalue weighted by Gasteiger charge is -2.16. The van der Waals surface area contributed by atoms with Crippen LogP contribution in [-0.4, -0.2) is 30.6 Å². The summed E-state index contributed by atoms with van der Waals surface area (Å²) in [5, 5.41) is 5.80. The zero-order chi connectivity index (χ0) is 22.9. The average molecular weight is 448 g/mol. The van der Waals surface area contributed by atoms with Crippen LogP contribution in [0.15, 0.2) is 78.9 Å². The molecule has 3 rings (SSSR count). The molecule has 0 radical (unpaired) electrons. The normalized spacial score (nSPS) is 10.2. The summed E-state index contributed by atoms with van der Waals surface area (Å²) in [6, 6.07) is 24.2. The van der Waals surface area contributed by atoms with Gasteiger partial charge in [0, 0.05) is 37.3 Å². The van der Waals surface area contributed by atoms with Crippen LogP contribution in [-0.2, 0) is 11.2 Å².